The van der Waals surface area contributed by atoms with Crippen LogP contribution in [0.1, 0.15) is 26.7 Å². The molecule has 2 atom stereocenters. The summed E-state index contributed by atoms with van der Waals surface area (Å²) in [5.74, 6) is -0.690. The molecule has 1 aliphatic rings. The van der Waals surface area contributed by atoms with Crippen molar-refractivity contribution in [3.05, 3.63) is 12.2 Å². The molecular weight excluding hydrogens is 184 g/mol. The molecule has 0 bridgehead atoms. The normalized spacial score (nSPS) is 25.6. The minimum absolute atomic E-state index is 0.332. The molecule has 4 heteroatoms. The van der Waals surface area contributed by atoms with Crippen molar-refractivity contribution in [3.63, 3.8) is 0 Å². The minimum Gasteiger partial charge on any atom is -0.458 e. The molecule has 0 aliphatic heterocycles. The summed E-state index contributed by atoms with van der Waals surface area (Å²) in [6.07, 6.45) is 4.40. The van der Waals surface area contributed by atoms with E-state index in [1.54, 1.807) is 0 Å². The van der Waals surface area contributed by atoms with Crippen molar-refractivity contribution in [2.24, 2.45) is 0 Å². The van der Waals surface area contributed by atoms with Gasteiger partial charge in [0.1, 0.15) is 12.2 Å². The summed E-state index contributed by atoms with van der Waals surface area (Å²) in [5.41, 5.74) is 0. The Kier molecular flexibility index (Phi) is 3.68. The molecular formula is C10H14O4. The lowest BCUT2D eigenvalue weighted by Gasteiger charge is -2.27. The average molecular weight is 198 g/mol. The zero-order chi connectivity index (χ0) is 10.6. The van der Waals surface area contributed by atoms with Crippen LogP contribution in [0.4, 0.5) is 0 Å². The highest BCUT2D eigenvalue weighted by Crippen LogP contribution is 2.18. The van der Waals surface area contributed by atoms with Gasteiger partial charge >= 0.3 is 11.9 Å². The highest BCUT2D eigenvalue weighted by atomic mass is 16.6. The maximum absolute atomic E-state index is 10.8. The molecule has 0 N–H and O–H groups in total. The van der Waals surface area contributed by atoms with Gasteiger partial charge in [-0.15, -0.1) is 0 Å². The summed E-state index contributed by atoms with van der Waals surface area (Å²) >= 11 is 0. The lowest BCUT2D eigenvalue weighted by atomic mass is 10.0. The molecule has 0 fully saturated rings. The summed E-state index contributed by atoms with van der Waals surface area (Å²) < 4.78 is 10.1. The Morgan fingerprint density at radius 2 is 1.36 bits per heavy atom. The van der Waals surface area contributed by atoms with Gasteiger partial charge in [-0.25, -0.2) is 0 Å². The second-order valence-corrected chi connectivity index (χ2v) is 3.24. The van der Waals surface area contributed by atoms with Gasteiger partial charge in [0, 0.05) is 26.7 Å². The fraction of sp³-hybridized carbons (Fsp3) is 0.600. The maximum Gasteiger partial charge on any atom is 0.303 e. The predicted octanol–water partition coefficient (Wildman–Crippen LogP) is 1.20. The van der Waals surface area contributed by atoms with Crippen LogP contribution in [0.15, 0.2) is 12.2 Å². The molecule has 0 aromatic carbocycles. The lowest BCUT2D eigenvalue weighted by Crippen LogP contribution is -2.35. The maximum atomic E-state index is 10.8. The molecule has 0 saturated heterocycles. The monoisotopic (exact) mass is 198 g/mol. The molecule has 0 amide bonds. The number of hydrogen-bond acceptors (Lipinski definition) is 4. The summed E-state index contributed by atoms with van der Waals surface area (Å²) in [7, 11) is 0. The van der Waals surface area contributed by atoms with Gasteiger partial charge in [0.15, 0.2) is 0 Å². The van der Waals surface area contributed by atoms with Crippen molar-refractivity contribution >= 4 is 11.9 Å². The Bertz CT molecular complexity index is 231. The van der Waals surface area contributed by atoms with E-state index in [4.69, 9.17) is 9.47 Å². The number of rotatable bonds is 2. The molecule has 4 nitrogen and oxygen atoms in total. The van der Waals surface area contributed by atoms with Crippen LogP contribution in [-0.4, -0.2) is 24.1 Å². The Morgan fingerprint density at radius 1 is 1.00 bits per heavy atom. The molecule has 0 aromatic heterocycles. The fourth-order valence-corrected chi connectivity index (χ4v) is 1.44. The van der Waals surface area contributed by atoms with E-state index in [9.17, 15) is 9.59 Å². The second kappa shape index (κ2) is 4.79. The standard InChI is InChI=1S/C10H14O4/c1-7(11)13-9-5-3-4-6-10(9)14-8(2)12/h3-4,9-10H,5-6H2,1-2H3. The van der Waals surface area contributed by atoms with E-state index in [0.717, 1.165) is 0 Å². The molecule has 0 aromatic rings. The number of esters is 2. The van der Waals surface area contributed by atoms with Crippen LogP contribution in [0.5, 0.6) is 0 Å². The van der Waals surface area contributed by atoms with Gasteiger partial charge in [-0.1, -0.05) is 12.2 Å². The van der Waals surface area contributed by atoms with Crippen LogP contribution in [0.25, 0.3) is 0 Å². The van der Waals surface area contributed by atoms with E-state index < -0.39 is 0 Å². The first-order valence-corrected chi connectivity index (χ1v) is 4.59. The molecule has 0 heterocycles. The number of carbonyl (C=O) groups is 2. The van der Waals surface area contributed by atoms with Gasteiger partial charge in [0.05, 0.1) is 0 Å². The number of ether oxygens (including phenoxy) is 2. The van der Waals surface area contributed by atoms with Crippen molar-refractivity contribution < 1.29 is 19.1 Å². The van der Waals surface area contributed by atoms with E-state index in [0.29, 0.717) is 12.8 Å². The largest absolute Gasteiger partial charge is 0.458 e. The third-order valence-corrected chi connectivity index (χ3v) is 1.95. The summed E-state index contributed by atoms with van der Waals surface area (Å²) in [6.45, 7) is 2.70. The average Bonchev–Trinajstić information content (AvgIpc) is 2.06. The Labute approximate surface area is 82.9 Å². The Balaban J connectivity index is 2.55. The number of hydrogen-bond donors (Lipinski definition) is 0. The van der Waals surface area contributed by atoms with Gasteiger partial charge < -0.3 is 9.47 Å². The first-order valence-electron chi connectivity index (χ1n) is 4.59. The zero-order valence-corrected chi connectivity index (χ0v) is 8.36. The van der Waals surface area contributed by atoms with E-state index in [1.807, 2.05) is 12.2 Å². The minimum atomic E-state index is -0.345. The van der Waals surface area contributed by atoms with Gasteiger partial charge in [0.2, 0.25) is 0 Å². The van der Waals surface area contributed by atoms with Crippen LogP contribution in [0.3, 0.4) is 0 Å². The first kappa shape index (κ1) is 10.8. The molecule has 0 spiro atoms. The van der Waals surface area contributed by atoms with Crippen molar-refractivity contribution in [2.45, 2.75) is 38.9 Å². The van der Waals surface area contributed by atoms with Crippen molar-refractivity contribution in [1.82, 2.24) is 0 Å². The van der Waals surface area contributed by atoms with E-state index in [1.165, 1.54) is 13.8 Å². The quantitative estimate of drug-likeness (QED) is 0.494. The van der Waals surface area contributed by atoms with Gasteiger partial charge in [0.25, 0.3) is 0 Å². The van der Waals surface area contributed by atoms with Gasteiger partial charge in [-0.05, 0) is 0 Å². The number of carbonyl (C=O) groups excluding carboxylic acids is 2. The van der Waals surface area contributed by atoms with E-state index in [-0.39, 0.29) is 24.1 Å². The van der Waals surface area contributed by atoms with Crippen LogP contribution < -0.4 is 0 Å². The highest BCUT2D eigenvalue weighted by Gasteiger charge is 2.27. The van der Waals surface area contributed by atoms with E-state index in [2.05, 4.69) is 0 Å². The molecule has 14 heavy (non-hydrogen) atoms. The third-order valence-electron chi connectivity index (χ3n) is 1.95. The third kappa shape index (κ3) is 3.20. The highest BCUT2D eigenvalue weighted by molar-refractivity contribution is 5.67. The SMILES string of the molecule is CC(=O)OC1CC=CCC1OC(C)=O. The fourth-order valence-electron chi connectivity index (χ4n) is 1.44. The second-order valence-electron chi connectivity index (χ2n) is 3.24. The molecule has 78 valence electrons. The van der Waals surface area contributed by atoms with E-state index >= 15 is 0 Å². The molecule has 0 radical (unpaired) electrons. The molecule has 0 saturated carbocycles. The molecule has 2 unspecified atom stereocenters. The predicted molar refractivity (Wildman–Crippen MR) is 49.5 cm³/mol. The summed E-state index contributed by atoms with van der Waals surface area (Å²) in [6, 6.07) is 0. The van der Waals surface area contributed by atoms with Crippen LogP contribution in [-0.2, 0) is 19.1 Å². The van der Waals surface area contributed by atoms with Gasteiger partial charge in [-0.2, -0.15) is 0 Å². The first-order chi connectivity index (χ1) is 6.59. The topological polar surface area (TPSA) is 52.6 Å². The smallest absolute Gasteiger partial charge is 0.303 e. The van der Waals surface area contributed by atoms with Crippen LogP contribution >= 0.6 is 0 Å². The van der Waals surface area contributed by atoms with Crippen molar-refractivity contribution in [2.75, 3.05) is 0 Å². The summed E-state index contributed by atoms with van der Waals surface area (Å²) in [5, 5.41) is 0. The van der Waals surface area contributed by atoms with Crippen molar-refractivity contribution in [1.29, 1.82) is 0 Å². The summed E-state index contributed by atoms with van der Waals surface area (Å²) in [4.78, 5) is 21.5. The zero-order valence-electron chi connectivity index (χ0n) is 8.36. The van der Waals surface area contributed by atoms with Crippen LogP contribution in [0, 0.1) is 0 Å². The van der Waals surface area contributed by atoms with Crippen LogP contribution in [0.2, 0.25) is 0 Å². The Morgan fingerprint density at radius 3 is 1.64 bits per heavy atom. The lowest BCUT2D eigenvalue weighted by molar-refractivity contribution is -0.165. The van der Waals surface area contributed by atoms with Crippen molar-refractivity contribution in [3.8, 4) is 0 Å². The van der Waals surface area contributed by atoms with Gasteiger partial charge in [-0.3, -0.25) is 9.59 Å². The Hall–Kier alpha value is -1.32. The molecule has 1 aliphatic carbocycles. The molecule has 1 rings (SSSR count).